The molecule has 154 valence electrons. The summed E-state index contributed by atoms with van der Waals surface area (Å²) in [6.07, 6.45) is 0.897. The highest BCUT2D eigenvalue weighted by atomic mass is 127. The monoisotopic (exact) mass is 516 g/mol. The van der Waals surface area contributed by atoms with Gasteiger partial charge in [-0.3, -0.25) is 0 Å². The Kier molecular flexibility index (Phi) is 9.30. The third kappa shape index (κ3) is 6.23. The maximum absolute atomic E-state index is 5.88. The normalized spacial score (nSPS) is 13.6. The number of aromatic nitrogens is 1. The molecule has 6 nitrogen and oxygen atoms in total. The lowest BCUT2D eigenvalue weighted by atomic mass is 10.2. The topological polar surface area (TPSA) is 67.8 Å². The first-order valence-corrected chi connectivity index (χ1v) is 10.4. The van der Waals surface area contributed by atoms with Crippen LogP contribution >= 0.6 is 35.3 Å². The minimum Gasteiger partial charge on any atom is -0.490 e. The Morgan fingerprint density at radius 3 is 2.82 bits per heavy atom. The van der Waals surface area contributed by atoms with Crippen LogP contribution < -0.4 is 20.1 Å². The van der Waals surface area contributed by atoms with Crippen LogP contribution in [-0.2, 0) is 13.1 Å². The summed E-state index contributed by atoms with van der Waals surface area (Å²) in [5.74, 6) is 2.84. The van der Waals surface area contributed by atoms with Crippen molar-refractivity contribution < 1.29 is 9.47 Å². The van der Waals surface area contributed by atoms with Crippen molar-refractivity contribution in [2.24, 2.45) is 4.99 Å². The van der Waals surface area contributed by atoms with Gasteiger partial charge in [0.05, 0.1) is 32.0 Å². The summed E-state index contributed by atoms with van der Waals surface area (Å²) in [6.45, 7) is 9.73. The second-order valence-electron chi connectivity index (χ2n) is 6.66. The lowest BCUT2D eigenvalue weighted by molar-refractivity contribution is 0.296. The molecular formula is C20H29IN4O2S. The molecule has 1 aromatic heterocycles. The molecule has 0 bridgehead atoms. The van der Waals surface area contributed by atoms with Crippen LogP contribution in [0, 0.1) is 0 Å². The fourth-order valence-electron chi connectivity index (χ4n) is 2.72. The molecule has 0 amide bonds. The quantitative estimate of drug-likeness (QED) is 0.341. The number of thiazole rings is 1. The second kappa shape index (κ2) is 11.5. The number of aliphatic imine (C=N–C) groups is 1. The van der Waals surface area contributed by atoms with E-state index in [0.717, 1.165) is 46.7 Å². The van der Waals surface area contributed by atoms with Crippen molar-refractivity contribution in [1.29, 1.82) is 0 Å². The SMILES string of the molecule is CCNC(=NCc1cccc2c1OCCCO2)NCc1nc(C(C)C)cs1.I. The molecule has 0 unspecified atom stereocenters. The van der Waals surface area contributed by atoms with Gasteiger partial charge in [-0.2, -0.15) is 0 Å². The van der Waals surface area contributed by atoms with Gasteiger partial charge in [-0.1, -0.05) is 26.0 Å². The molecule has 0 aliphatic carbocycles. The van der Waals surface area contributed by atoms with Crippen molar-refractivity contribution in [2.75, 3.05) is 19.8 Å². The van der Waals surface area contributed by atoms with Crippen LogP contribution in [0.15, 0.2) is 28.6 Å². The lowest BCUT2D eigenvalue weighted by Gasteiger charge is -2.13. The summed E-state index contributed by atoms with van der Waals surface area (Å²) in [7, 11) is 0. The van der Waals surface area contributed by atoms with Crippen LogP contribution in [0.2, 0.25) is 0 Å². The molecule has 0 radical (unpaired) electrons. The molecule has 0 atom stereocenters. The summed E-state index contributed by atoms with van der Waals surface area (Å²) in [5.41, 5.74) is 2.17. The molecule has 0 fully saturated rings. The fourth-order valence-corrected chi connectivity index (χ4v) is 3.61. The molecule has 0 saturated carbocycles. The largest absolute Gasteiger partial charge is 0.490 e. The number of para-hydroxylation sites is 1. The van der Waals surface area contributed by atoms with Crippen LogP contribution in [0.5, 0.6) is 11.5 Å². The van der Waals surface area contributed by atoms with Crippen LogP contribution in [0.4, 0.5) is 0 Å². The highest BCUT2D eigenvalue weighted by molar-refractivity contribution is 14.0. The standard InChI is InChI=1S/C20H28N4O2S.HI/c1-4-21-20(23-12-18-24-16(13-27-18)14(2)3)22-11-15-7-5-8-17-19(15)26-10-6-9-25-17;/h5,7-8,13-14H,4,6,9-12H2,1-3H3,(H2,21,22,23);1H. The van der Waals surface area contributed by atoms with Gasteiger partial charge in [0.15, 0.2) is 17.5 Å². The van der Waals surface area contributed by atoms with Gasteiger partial charge in [0.2, 0.25) is 0 Å². The summed E-state index contributed by atoms with van der Waals surface area (Å²) >= 11 is 1.68. The molecule has 1 aliphatic heterocycles. The number of fused-ring (bicyclic) bond motifs is 1. The van der Waals surface area contributed by atoms with Crippen LogP contribution in [0.3, 0.4) is 0 Å². The number of ether oxygens (including phenoxy) is 2. The number of nitrogens with zero attached hydrogens (tertiary/aromatic N) is 2. The Morgan fingerprint density at radius 2 is 2.07 bits per heavy atom. The maximum atomic E-state index is 5.88. The van der Waals surface area contributed by atoms with Gasteiger partial charge in [-0.05, 0) is 18.9 Å². The van der Waals surface area contributed by atoms with Crippen molar-refractivity contribution in [2.45, 2.75) is 46.2 Å². The predicted molar refractivity (Wildman–Crippen MR) is 125 cm³/mol. The van der Waals surface area contributed by atoms with Gasteiger partial charge in [-0.25, -0.2) is 9.98 Å². The third-order valence-corrected chi connectivity index (χ3v) is 5.04. The van der Waals surface area contributed by atoms with E-state index in [0.29, 0.717) is 32.2 Å². The zero-order valence-corrected chi connectivity index (χ0v) is 19.8. The molecule has 3 rings (SSSR count). The number of hydrogen-bond donors (Lipinski definition) is 2. The zero-order chi connectivity index (χ0) is 19.1. The molecular weight excluding hydrogens is 487 g/mol. The number of benzene rings is 1. The molecule has 1 aliphatic rings. The Hall–Kier alpha value is -1.55. The van der Waals surface area contributed by atoms with Crippen molar-refractivity contribution in [3.05, 3.63) is 39.8 Å². The molecule has 2 N–H and O–H groups in total. The Bertz CT molecular complexity index is 779. The highest BCUT2D eigenvalue weighted by Crippen LogP contribution is 2.33. The number of rotatable bonds is 6. The summed E-state index contributed by atoms with van der Waals surface area (Å²) in [5, 5.41) is 9.85. The van der Waals surface area contributed by atoms with E-state index in [1.807, 2.05) is 18.2 Å². The molecule has 2 heterocycles. The van der Waals surface area contributed by atoms with Crippen molar-refractivity contribution in [1.82, 2.24) is 15.6 Å². The average molecular weight is 516 g/mol. The van der Waals surface area contributed by atoms with E-state index in [2.05, 4.69) is 41.8 Å². The van der Waals surface area contributed by atoms with E-state index in [1.165, 1.54) is 0 Å². The second-order valence-corrected chi connectivity index (χ2v) is 7.61. The first-order chi connectivity index (χ1) is 13.2. The molecule has 1 aromatic carbocycles. The average Bonchev–Trinajstić information content (AvgIpc) is 3.01. The van der Waals surface area contributed by atoms with Gasteiger partial charge < -0.3 is 20.1 Å². The minimum atomic E-state index is 0. The molecule has 2 aromatic rings. The summed E-state index contributed by atoms with van der Waals surface area (Å²) in [4.78, 5) is 9.38. The van der Waals surface area contributed by atoms with Crippen LogP contribution in [0.1, 0.15) is 49.4 Å². The number of halogens is 1. The number of guanidine groups is 1. The molecule has 0 spiro atoms. The summed E-state index contributed by atoms with van der Waals surface area (Å²) < 4.78 is 11.6. The molecule has 0 saturated heterocycles. The van der Waals surface area contributed by atoms with Crippen molar-refractivity contribution in [3.63, 3.8) is 0 Å². The van der Waals surface area contributed by atoms with E-state index in [1.54, 1.807) is 11.3 Å². The summed E-state index contributed by atoms with van der Waals surface area (Å²) in [6, 6.07) is 5.98. The Labute approximate surface area is 188 Å². The molecule has 8 heteroatoms. The van der Waals surface area contributed by atoms with E-state index < -0.39 is 0 Å². The van der Waals surface area contributed by atoms with E-state index >= 15 is 0 Å². The van der Waals surface area contributed by atoms with Crippen molar-refractivity contribution in [3.8, 4) is 11.5 Å². The first-order valence-electron chi connectivity index (χ1n) is 9.51. The zero-order valence-electron chi connectivity index (χ0n) is 16.7. The van der Waals surface area contributed by atoms with E-state index in [-0.39, 0.29) is 24.0 Å². The maximum Gasteiger partial charge on any atom is 0.191 e. The number of hydrogen-bond acceptors (Lipinski definition) is 5. The Morgan fingerprint density at radius 1 is 1.25 bits per heavy atom. The third-order valence-electron chi connectivity index (χ3n) is 4.17. The van der Waals surface area contributed by atoms with Gasteiger partial charge in [0.25, 0.3) is 0 Å². The van der Waals surface area contributed by atoms with Gasteiger partial charge in [0, 0.05) is 23.9 Å². The van der Waals surface area contributed by atoms with Crippen LogP contribution in [0.25, 0.3) is 0 Å². The van der Waals surface area contributed by atoms with Crippen LogP contribution in [-0.4, -0.2) is 30.7 Å². The number of nitrogens with one attached hydrogen (secondary N) is 2. The predicted octanol–water partition coefficient (Wildman–Crippen LogP) is 4.30. The van der Waals surface area contributed by atoms with Gasteiger partial charge in [0.1, 0.15) is 5.01 Å². The van der Waals surface area contributed by atoms with E-state index in [4.69, 9.17) is 14.5 Å². The Balaban J connectivity index is 0.00000280. The highest BCUT2D eigenvalue weighted by Gasteiger charge is 2.14. The van der Waals surface area contributed by atoms with Gasteiger partial charge in [-0.15, -0.1) is 35.3 Å². The van der Waals surface area contributed by atoms with E-state index in [9.17, 15) is 0 Å². The fraction of sp³-hybridized carbons (Fsp3) is 0.500. The smallest absolute Gasteiger partial charge is 0.191 e. The molecule has 28 heavy (non-hydrogen) atoms. The van der Waals surface area contributed by atoms with Gasteiger partial charge >= 0.3 is 0 Å². The minimum absolute atomic E-state index is 0. The first kappa shape index (κ1) is 22.7. The lowest BCUT2D eigenvalue weighted by Crippen LogP contribution is -2.36. The van der Waals surface area contributed by atoms with Crippen molar-refractivity contribution >= 4 is 41.3 Å².